The molecular formula is C20H23N3O5S. The van der Waals surface area contributed by atoms with Crippen molar-refractivity contribution in [3.8, 4) is 5.75 Å². The van der Waals surface area contributed by atoms with E-state index in [1.165, 1.54) is 18.2 Å². The molecule has 29 heavy (non-hydrogen) atoms. The number of para-hydroxylation sites is 2. The van der Waals surface area contributed by atoms with Gasteiger partial charge in [0.15, 0.2) is 6.10 Å². The Labute approximate surface area is 169 Å². The van der Waals surface area contributed by atoms with Gasteiger partial charge in [0.25, 0.3) is 5.91 Å². The standard InChI is InChI=1S/C20H23N3O5S/c1-20(2,3)23-29(26,27)14-8-6-7-13(11-14)21-18(24)12-17-19(25)22-15-9-4-5-10-16(15)28-17/h4-11,17,23H,12H2,1-3H3,(H,21,24)(H,22,25)/t17-/m1/s1. The van der Waals surface area contributed by atoms with Crippen LogP contribution in [-0.2, 0) is 19.6 Å². The molecule has 0 fully saturated rings. The van der Waals surface area contributed by atoms with Gasteiger partial charge in [-0.15, -0.1) is 0 Å². The van der Waals surface area contributed by atoms with Crippen molar-refractivity contribution >= 4 is 33.2 Å². The van der Waals surface area contributed by atoms with E-state index < -0.39 is 33.5 Å². The molecule has 8 nitrogen and oxygen atoms in total. The van der Waals surface area contributed by atoms with E-state index in [4.69, 9.17) is 4.74 Å². The molecule has 0 radical (unpaired) electrons. The summed E-state index contributed by atoms with van der Waals surface area (Å²) in [6, 6.07) is 12.9. The fraction of sp³-hybridized carbons (Fsp3) is 0.300. The van der Waals surface area contributed by atoms with E-state index in [1.54, 1.807) is 51.1 Å². The van der Waals surface area contributed by atoms with Crippen LogP contribution in [0.4, 0.5) is 11.4 Å². The quantitative estimate of drug-likeness (QED) is 0.692. The van der Waals surface area contributed by atoms with Gasteiger partial charge in [0.05, 0.1) is 17.0 Å². The lowest BCUT2D eigenvalue weighted by molar-refractivity contribution is -0.128. The predicted molar refractivity (Wildman–Crippen MR) is 109 cm³/mol. The third-order valence-electron chi connectivity index (χ3n) is 3.95. The molecule has 9 heteroatoms. The van der Waals surface area contributed by atoms with Gasteiger partial charge in [-0.3, -0.25) is 9.59 Å². The van der Waals surface area contributed by atoms with Crippen LogP contribution in [0.5, 0.6) is 5.75 Å². The first-order valence-corrected chi connectivity index (χ1v) is 10.5. The van der Waals surface area contributed by atoms with Crippen LogP contribution in [0.3, 0.4) is 0 Å². The van der Waals surface area contributed by atoms with E-state index in [0.717, 1.165) is 0 Å². The van der Waals surface area contributed by atoms with Gasteiger partial charge in [-0.1, -0.05) is 18.2 Å². The normalized spacial score (nSPS) is 16.4. The minimum atomic E-state index is -3.74. The Morgan fingerprint density at radius 2 is 1.86 bits per heavy atom. The Kier molecular flexibility index (Phi) is 5.63. The Morgan fingerprint density at radius 3 is 2.59 bits per heavy atom. The Bertz CT molecular complexity index is 1040. The van der Waals surface area contributed by atoms with Crippen LogP contribution in [0.15, 0.2) is 53.4 Å². The number of hydrogen-bond donors (Lipinski definition) is 3. The number of sulfonamides is 1. The maximum atomic E-state index is 12.5. The topological polar surface area (TPSA) is 114 Å². The number of amides is 2. The molecule has 0 bridgehead atoms. The summed E-state index contributed by atoms with van der Waals surface area (Å²) in [7, 11) is -3.74. The van der Waals surface area contributed by atoms with Crippen LogP contribution in [0, 0.1) is 0 Å². The number of benzene rings is 2. The number of nitrogens with one attached hydrogen (secondary N) is 3. The largest absolute Gasteiger partial charge is 0.478 e. The lowest BCUT2D eigenvalue weighted by Crippen LogP contribution is -2.40. The van der Waals surface area contributed by atoms with Crippen LogP contribution in [0.2, 0.25) is 0 Å². The van der Waals surface area contributed by atoms with Crippen LogP contribution >= 0.6 is 0 Å². The molecule has 154 valence electrons. The van der Waals surface area contributed by atoms with Gasteiger partial charge in [-0.25, -0.2) is 13.1 Å². The van der Waals surface area contributed by atoms with Gasteiger partial charge >= 0.3 is 0 Å². The van der Waals surface area contributed by atoms with Crippen LogP contribution in [-0.4, -0.2) is 31.9 Å². The number of carbonyl (C=O) groups excluding carboxylic acids is 2. The molecule has 0 spiro atoms. The molecule has 1 atom stereocenters. The third-order valence-corrected chi connectivity index (χ3v) is 5.70. The first-order chi connectivity index (χ1) is 13.5. The van der Waals surface area contributed by atoms with E-state index in [9.17, 15) is 18.0 Å². The Balaban J connectivity index is 1.68. The highest BCUT2D eigenvalue weighted by molar-refractivity contribution is 7.89. The molecule has 0 aromatic heterocycles. The zero-order chi connectivity index (χ0) is 21.2. The van der Waals surface area contributed by atoms with E-state index >= 15 is 0 Å². The Morgan fingerprint density at radius 1 is 1.14 bits per heavy atom. The maximum absolute atomic E-state index is 12.5. The van der Waals surface area contributed by atoms with Crippen molar-refractivity contribution in [3.05, 3.63) is 48.5 Å². The fourth-order valence-electron chi connectivity index (χ4n) is 2.81. The second-order valence-corrected chi connectivity index (χ2v) is 9.41. The predicted octanol–water partition coefficient (Wildman–Crippen LogP) is 2.49. The van der Waals surface area contributed by atoms with Crippen molar-refractivity contribution in [2.45, 2.75) is 43.7 Å². The summed E-state index contributed by atoms with van der Waals surface area (Å²) >= 11 is 0. The van der Waals surface area contributed by atoms with E-state index in [1.807, 2.05) is 0 Å². The molecule has 0 saturated heterocycles. The second-order valence-electron chi connectivity index (χ2n) is 7.73. The smallest absolute Gasteiger partial charge is 0.266 e. The molecular weight excluding hydrogens is 394 g/mol. The average Bonchev–Trinajstić information content (AvgIpc) is 2.60. The van der Waals surface area contributed by atoms with Gasteiger partial charge < -0.3 is 15.4 Å². The summed E-state index contributed by atoms with van der Waals surface area (Å²) in [5.41, 5.74) is 0.224. The van der Waals surface area contributed by atoms with Crippen molar-refractivity contribution in [1.29, 1.82) is 0 Å². The van der Waals surface area contributed by atoms with Crippen molar-refractivity contribution in [2.24, 2.45) is 0 Å². The summed E-state index contributed by atoms with van der Waals surface area (Å²) in [5, 5.41) is 5.32. The van der Waals surface area contributed by atoms with Crippen molar-refractivity contribution < 1.29 is 22.7 Å². The number of carbonyl (C=O) groups is 2. The number of rotatable bonds is 5. The van der Waals surface area contributed by atoms with Gasteiger partial charge in [0.2, 0.25) is 15.9 Å². The third kappa shape index (κ3) is 5.33. The van der Waals surface area contributed by atoms with E-state index in [2.05, 4.69) is 15.4 Å². The average molecular weight is 417 g/mol. The fourth-order valence-corrected chi connectivity index (χ4v) is 4.27. The molecule has 0 saturated carbocycles. The van der Waals surface area contributed by atoms with E-state index in [0.29, 0.717) is 17.1 Å². The number of fused-ring (bicyclic) bond motifs is 1. The maximum Gasteiger partial charge on any atom is 0.266 e. The molecule has 0 aliphatic carbocycles. The number of anilines is 2. The minimum absolute atomic E-state index is 0.0332. The first-order valence-electron chi connectivity index (χ1n) is 9.04. The SMILES string of the molecule is CC(C)(C)NS(=O)(=O)c1cccc(NC(=O)C[C@H]2Oc3ccccc3NC2=O)c1. The zero-order valence-corrected chi connectivity index (χ0v) is 17.2. The lowest BCUT2D eigenvalue weighted by Gasteiger charge is -2.25. The summed E-state index contributed by atoms with van der Waals surface area (Å²) in [6.45, 7) is 5.22. The molecule has 1 aliphatic rings. The minimum Gasteiger partial charge on any atom is -0.478 e. The zero-order valence-electron chi connectivity index (χ0n) is 16.4. The number of ether oxygens (including phenoxy) is 1. The molecule has 2 amide bonds. The van der Waals surface area contributed by atoms with Crippen molar-refractivity contribution in [1.82, 2.24) is 4.72 Å². The summed E-state index contributed by atoms with van der Waals surface area (Å²) < 4.78 is 33.1. The highest BCUT2D eigenvalue weighted by Crippen LogP contribution is 2.29. The molecule has 2 aromatic carbocycles. The van der Waals surface area contributed by atoms with Crippen molar-refractivity contribution in [3.63, 3.8) is 0 Å². The highest BCUT2D eigenvalue weighted by atomic mass is 32.2. The van der Waals surface area contributed by atoms with Gasteiger partial charge in [-0.05, 0) is 51.1 Å². The van der Waals surface area contributed by atoms with Crippen LogP contribution < -0.4 is 20.1 Å². The molecule has 2 aromatic rings. The summed E-state index contributed by atoms with van der Waals surface area (Å²) in [5.74, 6) is -0.390. The van der Waals surface area contributed by atoms with Crippen molar-refractivity contribution in [2.75, 3.05) is 10.6 Å². The van der Waals surface area contributed by atoms with Gasteiger partial charge in [-0.2, -0.15) is 0 Å². The first kappa shape index (κ1) is 20.8. The van der Waals surface area contributed by atoms with Gasteiger partial charge in [0.1, 0.15) is 5.75 Å². The molecule has 3 N–H and O–H groups in total. The monoisotopic (exact) mass is 417 g/mol. The molecule has 3 rings (SSSR count). The van der Waals surface area contributed by atoms with Crippen LogP contribution in [0.25, 0.3) is 0 Å². The highest BCUT2D eigenvalue weighted by Gasteiger charge is 2.29. The second kappa shape index (κ2) is 7.84. The van der Waals surface area contributed by atoms with Crippen LogP contribution in [0.1, 0.15) is 27.2 Å². The van der Waals surface area contributed by atoms with Gasteiger partial charge in [0, 0.05) is 11.2 Å². The number of hydrogen-bond acceptors (Lipinski definition) is 5. The summed E-state index contributed by atoms with van der Waals surface area (Å²) in [4.78, 5) is 24.6. The summed E-state index contributed by atoms with van der Waals surface area (Å²) in [6.07, 6.45) is -1.18. The Hall–Kier alpha value is -2.91. The molecule has 0 unspecified atom stereocenters. The van der Waals surface area contributed by atoms with E-state index in [-0.39, 0.29) is 11.3 Å². The molecule has 1 heterocycles. The lowest BCUT2D eigenvalue weighted by atomic mass is 10.1. The molecule has 1 aliphatic heterocycles.